The number of isothiocyanates is 1. The molecule has 26 heavy (non-hydrogen) atoms. The summed E-state index contributed by atoms with van der Waals surface area (Å²) in [6.45, 7) is 4.32. The molecule has 1 saturated heterocycles. The lowest BCUT2D eigenvalue weighted by molar-refractivity contribution is 0.346. The van der Waals surface area contributed by atoms with Crippen LogP contribution in [0.5, 0.6) is 0 Å². The second kappa shape index (κ2) is 8.01. The average molecular weight is 386 g/mol. The molecule has 134 valence electrons. The number of likely N-dealkylation sites (tertiary alicyclic amines) is 1. The van der Waals surface area contributed by atoms with Crippen LogP contribution in [0.15, 0.2) is 34.2 Å². The summed E-state index contributed by atoms with van der Waals surface area (Å²) >= 11 is 6.23. The van der Waals surface area contributed by atoms with Crippen molar-refractivity contribution < 1.29 is 0 Å². The molecule has 3 aromatic heterocycles. The fourth-order valence-electron chi connectivity index (χ4n) is 3.27. The molecule has 7 nitrogen and oxygen atoms in total. The first kappa shape index (κ1) is 17.2. The Labute approximate surface area is 160 Å². The van der Waals surface area contributed by atoms with Gasteiger partial charge in [-0.25, -0.2) is 19.9 Å². The van der Waals surface area contributed by atoms with E-state index in [9.17, 15) is 0 Å². The van der Waals surface area contributed by atoms with Gasteiger partial charge in [-0.2, -0.15) is 0 Å². The molecular formula is C17H19N7S2. The van der Waals surface area contributed by atoms with Gasteiger partial charge in [0.25, 0.3) is 0 Å². The largest absolute Gasteiger partial charge is 0.352 e. The Hall–Kier alpha value is -2.19. The topological polar surface area (TPSA) is 71.2 Å². The number of nitrogens with zero attached hydrogens (tertiary/aromatic N) is 6. The molecule has 1 aliphatic rings. The van der Waals surface area contributed by atoms with Crippen LogP contribution in [-0.2, 0) is 6.54 Å². The Bertz CT molecular complexity index is 914. The number of nitrogens with one attached hydrogen (secondary N) is 1. The summed E-state index contributed by atoms with van der Waals surface area (Å²) in [5.41, 5.74) is 4.66. The molecule has 3 aromatic rings. The maximum atomic E-state index is 4.76. The normalized spacial score (nSPS) is 17.5. The van der Waals surface area contributed by atoms with Crippen molar-refractivity contribution >= 4 is 45.8 Å². The van der Waals surface area contributed by atoms with E-state index >= 15 is 0 Å². The molecule has 0 radical (unpaired) electrons. The van der Waals surface area contributed by atoms with Gasteiger partial charge in [-0.05, 0) is 30.8 Å². The lowest BCUT2D eigenvalue weighted by Crippen LogP contribution is -2.29. The third kappa shape index (κ3) is 3.81. The van der Waals surface area contributed by atoms with Crippen molar-refractivity contribution in [2.24, 2.45) is 4.99 Å². The molecule has 1 atom stereocenters. The number of aromatic nitrogens is 4. The van der Waals surface area contributed by atoms with Crippen LogP contribution in [0.4, 0.5) is 5.95 Å². The smallest absolute Gasteiger partial charge is 0.205 e. The molecule has 0 spiro atoms. The number of thiocarbonyl (C=S) groups is 1. The second-order valence-corrected chi connectivity index (χ2v) is 7.15. The van der Waals surface area contributed by atoms with Gasteiger partial charge >= 0.3 is 0 Å². The molecule has 1 aliphatic heterocycles. The molecule has 1 N–H and O–H groups in total. The summed E-state index contributed by atoms with van der Waals surface area (Å²) in [5.74, 6) is 0.857. The Balaban J connectivity index is 1.52. The lowest BCUT2D eigenvalue weighted by atomic mass is 10.3. The van der Waals surface area contributed by atoms with Crippen molar-refractivity contribution in [2.45, 2.75) is 19.0 Å². The minimum absolute atomic E-state index is 0.359. The fraction of sp³-hybridized carbons (Fsp3) is 0.412. The second-order valence-electron chi connectivity index (χ2n) is 6.25. The molecule has 4 heterocycles. The van der Waals surface area contributed by atoms with E-state index in [1.165, 1.54) is 0 Å². The average Bonchev–Trinajstić information content (AvgIpc) is 3.38. The Morgan fingerprint density at radius 2 is 2.38 bits per heavy atom. The summed E-state index contributed by atoms with van der Waals surface area (Å²) in [5, 5.41) is 8.10. The molecule has 1 fully saturated rings. The summed E-state index contributed by atoms with van der Waals surface area (Å²) in [4.78, 5) is 20.1. The van der Waals surface area contributed by atoms with Crippen molar-refractivity contribution in [3.8, 4) is 0 Å². The zero-order valence-corrected chi connectivity index (χ0v) is 15.8. The van der Waals surface area contributed by atoms with E-state index in [0.29, 0.717) is 19.1 Å². The number of pyridine rings is 1. The van der Waals surface area contributed by atoms with Gasteiger partial charge in [0.05, 0.1) is 29.5 Å². The van der Waals surface area contributed by atoms with E-state index < -0.39 is 0 Å². The van der Waals surface area contributed by atoms with Crippen LogP contribution < -0.4 is 5.32 Å². The fourth-order valence-corrected chi connectivity index (χ4v) is 3.91. The highest BCUT2D eigenvalue weighted by molar-refractivity contribution is 7.78. The summed E-state index contributed by atoms with van der Waals surface area (Å²) < 4.78 is 2.11. The minimum Gasteiger partial charge on any atom is -0.352 e. The maximum Gasteiger partial charge on any atom is 0.205 e. The molecule has 4 rings (SSSR count). The Morgan fingerprint density at radius 3 is 3.23 bits per heavy atom. The van der Waals surface area contributed by atoms with Crippen molar-refractivity contribution in [2.75, 3.05) is 31.5 Å². The minimum atomic E-state index is 0.359. The van der Waals surface area contributed by atoms with Gasteiger partial charge < -0.3 is 5.32 Å². The third-order valence-electron chi connectivity index (χ3n) is 4.51. The molecule has 0 saturated carbocycles. The van der Waals surface area contributed by atoms with E-state index in [-0.39, 0.29) is 0 Å². The van der Waals surface area contributed by atoms with Crippen LogP contribution in [0.2, 0.25) is 0 Å². The Kier molecular flexibility index (Phi) is 5.31. The van der Waals surface area contributed by atoms with Crippen LogP contribution in [-0.4, -0.2) is 61.8 Å². The van der Waals surface area contributed by atoms with Crippen LogP contribution >= 0.6 is 23.6 Å². The van der Waals surface area contributed by atoms with Crippen molar-refractivity contribution in [3.05, 3.63) is 34.9 Å². The maximum absolute atomic E-state index is 4.76. The highest BCUT2D eigenvalue weighted by Gasteiger charge is 2.24. The predicted octanol–water partition coefficient (Wildman–Crippen LogP) is 2.53. The standard InChI is InChI=1S/C17H19N7S2/c25-11-18-5-7-23-6-3-13(8-23)21-17-22-15-2-1-4-19-16(15)24(17)9-14-10-26-12-20-14/h1-2,4,10,12-13H,3,5-9H2,(H,21,22). The van der Waals surface area contributed by atoms with Crippen LogP contribution in [0, 0.1) is 0 Å². The van der Waals surface area contributed by atoms with Crippen molar-refractivity contribution in [1.29, 1.82) is 0 Å². The summed E-state index contributed by atoms with van der Waals surface area (Å²) in [6, 6.07) is 4.27. The number of rotatable bonds is 7. The van der Waals surface area contributed by atoms with Gasteiger partial charge in [0.1, 0.15) is 5.52 Å². The van der Waals surface area contributed by atoms with E-state index in [4.69, 9.17) is 4.98 Å². The van der Waals surface area contributed by atoms with Crippen molar-refractivity contribution in [1.82, 2.24) is 24.4 Å². The van der Waals surface area contributed by atoms with Gasteiger partial charge in [-0.1, -0.05) is 0 Å². The van der Waals surface area contributed by atoms with Crippen LogP contribution in [0.25, 0.3) is 11.2 Å². The molecule has 1 unspecified atom stereocenters. The van der Waals surface area contributed by atoms with E-state index in [1.807, 2.05) is 17.6 Å². The highest BCUT2D eigenvalue weighted by Crippen LogP contribution is 2.22. The molecule has 0 aromatic carbocycles. The zero-order chi connectivity index (χ0) is 17.8. The number of anilines is 1. The predicted molar refractivity (Wildman–Crippen MR) is 107 cm³/mol. The van der Waals surface area contributed by atoms with E-state index in [2.05, 4.69) is 52.5 Å². The number of hydrogen-bond acceptors (Lipinski definition) is 8. The number of hydrogen-bond donors (Lipinski definition) is 1. The lowest BCUT2D eigenvalue weighted by Gasteiger charge is -2.16. The number of imidazole rings is 1. The zero-order valence-electron chi connectivity index (χ0n) is 14.2. The SMILES string of the molecule is S=C=NCCN1CCC(Nc2nc3cccnc3n2Cc2cscn2)C1. The van der Waals surface area contributed by atoms with Gasteiger partial charge in [0.2, 0.25) is 5.95 Å². The van der Waals surface area contributed by atoms with E-state index in [1.54, 1.807) is 17.5 Å². The van der Waals surface area contributed by atoms with Gasteiger partial charge in [-0.15, -0.1) is 11.3 Å². The Morgan fingerprint density at radius 1 is 1.42 bits per heavy atom. The van der Waals surface area contributed by atoms with E-state index in [0.717, 1.165) is 48.9 Å². The summed E-state index contributed by atoms with van der Waals surface area (Å²) in [6.07, 6.45) is 2.88. The number of aliphatic imine (C=N–C) groups is 1. The quantitative estimate of drug-likeness (QED) is 0.498. The number of fused-ring (bicyclic) bond motifs is 1. The van der Waals surface area contributed by atoms with Gasteiger partial charge in [0.15, 0.2) is 5.65 Å². The molecule has 0 amide bonds. The van der Waals surface area contributed by atoms with Crippen LogP contribution in [0.3, 0.4) is 0 Å². The molecular weight excluding hydrogens is 366 g/mol. The first-order valence-electron chi connectivity index (χ1n) is 8.54. The summed E-state index contributed by atoms with van der Waals surface area (Å²) in [7, 11) is 0. The first-order valence-corrected chi connectivity index (χ1v) is 9.89. The van der Waals surface area contributed by atoms with Gasteiger partial charge in [0, 0.05) is 37.3 Å². The van der Waals surface area contributed by atoms with Crippen LogP contribution in [0.1, 0.15) is 12.1 Å². The third-order valence-corrected chi connectivity index (χ3v) is 5.27. The molecule has 0 aliphatic carbocycles. The first-order chi connectivity index (χ1) is 12.8. The molecule has 0 bridgehead atoms. The van der Waals surface area contributed by atoms with Crippen molar-refractivity contribution in [3.63, 3.8) is 0 Å². The highest BCUT2D eigenvalue weighted by atomic mass is 32.1. The molecule has 9 heteroatoms. The number of thiazole rings is 1. The van der Waals surface area contributed by atoms with Gasteiger partial charge in [-0.3, -0.25) is 9.47 Å². The monoisotopic (exact) mass is 385 g/mol.